The number of benzene rings is 1. The summed E-state index contributed by atoms with van der Waals surface area (Å²) < 4.78 is 26.8. The van der Waals surface area contributed by atoms with Crippen molar-refractivity contribution in [3.05, 3.63) is 52.4 Å². The second-order valence-corrected chi connectivity index (χ2v) is 7.17. The Bertz CT molecular complexity index is 624. The fourth-order valence-corrected chi connectivity index (χ4v) is 3.92. The number of nitrogens with one attached hydrogen (secondary N) is 1. The minimum absolute atomic E-state index is 0.222. The zero-order chi connectivity index (χ0) is 13.9. The number of aliphatic hydroxyl groups excluding tert-OH is 1. The van der Waals surface area contributed by atoms with Gasteiger partial charge in [-0.15, -0.1) is 11.3 Å². The van der Waals surface area contributed by atoms with Gasteiger partial charge in [0.1, 0.15) is 4.21 Å². The molecule has 0 aliphatic rings. The Labute approximate surface area is 120 Å². The second-order valence-electron chi connectivity index (χ2n) is 3.84. The standard InChI is InChI=1S/C12H12ClNO3S2/c13-10-5-3-9(4-6-10)11(8-15)14-19(16,17)12-2-1-7-18-12/h1-7,11,14-15H,8H2. The van der Waals surface area contributed by atoms with E-state index in [1.54, 1.807) is 35.7 Å². The van der Waals surface area contributed by atoms with E-state index in [0.717, 1.165) is 11.3 Å². The van der Waals surface area contributed by atoms with E-state index in [2.05, 4.69) is 4.72 Å². The minimum Gasteiger partial charge on any atom is -0.394 e. The molecule has 0 aliphatic carbocycles. The monoisotopic (exact) mass is 317 g/mol. The first-order chi connectivity index (χ1) is 9.03. The highest BCUT2D eigenvalue weighted by Gasteiger charge is 2.21. The van der Waals surface area contributed by atoms with Crippen LogP contribution in [0.15, 0.2) is 46.0 Å². The molecule has 0 spiro atoms. The quantitative estimate of drug-likeness (QED) is 0.890. The summed E-state index contributed by atoms with van der Waals surface area (Å²) in [5, 5.41) is 11.6. The molecule has 7 heteroatoms. The van der Waals surface area contributed by atoms with Gasteiger partial charge in [-0.3, -0.25) is 0 Å². The first-order valence-electron chi connectivity index (χ1n) is 5.45. The van der Waals surface area contributed by atoms with Crippen molar-refractivity contribution in [2.75, 3.05) is 6.61 Å². The zero-order valence-electron chi connectivity index (χ0n) is 9.78. The first-order valence-corrected chi connectivity index (χ1v) is 8.19. The molecule has 0 bridgehead atoms. The topological polar surface area (TPSA) is 66.4 Å². The average molecular weight is 318 g/mol. The predicted molar refractivity (Wildman–Crippen MR) is 75.9 cm³/mol. The average Bonchev–Trinajstić information content (AvgIpc) is 2.92. The molecule has 102 valence electrons. The van der Waals surface area contributed by atoms with Crippen molar-refractivity contribution in [1.82, 2.24) is 4.72 Å². The van der Waals surface area contributed by atoms with Gasteiger partial charge in [-0.2, -0.15) is 0 Å². The summed E-state index contributed by atoms with van der Waals surface area (Å²) in [6.45, 7) is -0.327. The van der Waals surface area contributed by atoms with E-state index in [-0.39, 0.29) is 10.8 Å². The van der Waals surface area contributed by atoms with Crippen molar-refractivity contribution in [2.45, 2.75) is 10.3 Å². The van der Waals surface area contributed by atoms with Crippen molar-refractivity contribution in [3.63, 3.8) is 0 Å². The third-order valence-corrected chi connectivity index (χ3v) is 5.63. The summed E-state index contributed by atoms with van der Waals surface area (Å²) in [6.07, 6.45) is 0. The Hall–Kier alpha value is -0.920. The molecular formula is C12H12ClNO3S2. The Balaban J connectivity index is 2.22. The summed E-state index contributed by atoms with van der Waals surface area (Å²) in [4.78, 5) is 0. The number of hydrogen-bond donors (Lipinski definition) is 2. The summed E-state index contributed by atoms with van der Waals surface area (Å²) in [5.41, 5.74) is 0.659. The van der Waals surface area contributed by atoms with E-state index in [1.165, 1.54) is 6.07 Å². The van der Waals surface area contributed by atoms with E-state index in [1.807, 2.05) is 0 Å². The molecule has 0 saturated heterocycles. The number of aliphatic hydroxyl groups is 1. The molecule has 1 aromatic carbocycles. The van der Waals surface area contributed by atoms with Crippen LogP contribution in [-0.4, -0.2) is 20.1 Å². The lowest BCUT2D eigenvalue weighted by Gasteiger charge is -2.16. The van der Waals surface area contributed by atoms with Gasteiger partial charge in [0.2, 0.25) is 0 Å². The Morgan fingerprint density at radius 3 is 2.47 bits per heavy atom. The maximum atomic E-state index is 12.1. The maximum Gasteiger partial charge on any atom is 0.250 e. The first kappa shape index (κ1) is 14.5. The lowest BCUT2D eigenvalue weighted by molar-refractivity contribution is 0.259. The molecule has 0 fully saturated rings. The number of sulfonamides is 1. The van der Waals surface area contributed by atoms with Crippen LogP contribution in [0.1, 0.15) is 11.6 Å². The van der Waals surface area contributed by atoms with Crippen molar-refractivity contribution >= 4 is 33.0 Å². The molecule has 0 saturated carbocycles. The highest BCUT2D eigenvalue weighted by atomic mass is 35.5. The van der Waals surface area contributed by atoms with E-state index < -0.39 is 16.1 Å². The molecule has 1 aromatic heterocycles. The molecule has 2 N–H and O–H groups in total. The van der Waals surface area contributed by atoms with Crippen LogP contribution in [0.5, 0.6) is 0 Å². The van der Waals surface area contributed by atoms with Crippen molar-refractivity contribution in [1.29, 1.82) is 0 Å². The van der Waals surface area contributed by atoms with Gasteiger partial charge in [-0.1, -0.05) is 29.8 Å². The molecular weight excluding hydrogens is 306 g/mol. The van der Waals surface area contributed by atoms with Gasteiger partial charge in [0.25, 0.3) is 10.0 Å². The number of thiophene rings is 1. The van der Waals surface area contributed by atoms with Gasteiger partial charge in [-0.25, -0.2) is 13.1 Å². The number of rotatable bonds is 5. The van der Waals surface area contributed by atoms with Crippen molar-refractivity contribution in [2.24, 2.45) is 0 Å². The van der Waals surface area contributed by atoms with Gasteiger partial charge < -0.3 is 5.11 Å². The molecule has 0 aliphatic heterocycles. The molecule has 1 heterocycles. The van der Waals surface area contributed by atoms with Crippen LogP contribution >= 0.6 is 22.9 Å². The van der Waals surface area contributed by atoms with Crippen molar-refractivity contribution in [3.8, 4) is 0 Å². The maximum absolute atomic E-state index is 12.1. The largest absolute Gasteiger partial charge is 0.394 e. The third kappa shape index (κ3) is 3.55. The highest BCUT2D eigenvalue weighted by molar-refractivity contribution is 7.91. The Kier molecular flexibility index (Phi) is 4.59. The molecule has 0 amide bonds. The molecule has 0 radical (unpaired) electrons. The second kappa shape index (κ2) is 6.02. The summed E-state index contributed by atoms with van der Waals surface area (Å²) in [6, 6.07) is 9.15. The smallest absolute Gasteiger partial charge is 0.250 e. The minimum atomic E-state index is -3.61. The molecule has 1 unspecified atom stereocenters. The molecule has 4 nitrogen and oxygen atoms in total. The molecule has 1 atom stereocenters. The van der Waals surface area contributed by atoms with E-state index in [4.69, 9.17) is 11.6 Å². The lowest BCUT2D eigenvalue weighted by atomic mass is 10.1. The van der Waals surface area contributed by atoms with Gasteiger partial charge in [0.05, 0.1) is 12.6 Å². The van der Waals surface area contributed by atoms with Crippen LogP contribution in [0.3, 0.4) is 0 Å². The van der Waals surface area contributed by atoms with E-state index >= 15 is 0 Å². The Morgan fingerprint density at radius 2 is 1.95 bits per heavy atom. The van der Waals surface area contributed by atoms with Crippen LogP contribution in [0.2, 0.25) is 5.02 Å². The zero-order valence-corrected chi connectivity index (χ0v) is 12.2. The summed E-state index contributed by atoms with van der Waals surface area (Å²) >= 11 is 6.90. The molecule has 19 heavy (non-hydrogen) atoms. The van der Waals surface area contributed by atoms with Crippen LogP contribution in [0, 0.1) is 0 Å². The van der Waals surface area contributed by atoms with E-state index in [9.17, 15) is 13.5 Å². The van der Waals surface area contributed by atoms with Crippen molar-refractivity contribution < 1.29 is 13.5 Å². The van der Waals surface area contributed by atoms with Crippen LogP contribution in [0.25, 0.3) is 0 Å². The highest BCUT2D eigenvalue weighted by Crippen LogP contribution is 2.21. The van der Waals surface area contributed by atoms with Crippen LogP contribution in [0.4, 0.5) is 0 Å². The fourth-order valence-electron chi connectivity index (χ4n) is 1.57. The summed E-state index contributed by atoms with van der Waals surface area (Å²) in [5.74, 6) is 0. The van der Waals surface area contributed by atoms with Gasteiger partial charge in [0.15, 0.2) is 0 Å². The molecule has 2 aromatic rings. The van der Waals surface area contributed by atoms with Crippen LogP contribution < -0.4 is 4.72 Å². The summed E-state index contributed by atoms with van der Waals surface area (Å²) in [7, 11) is -3.61. The number of halogens is 1. The lowest BCUT2D eigenvalue weighted by Crippen LogP contribution is -2.30. The van der Waals surface area contributed by atoms with Gasteiger partial charge in [-0.05, 0) is 29.1 Å². The Morgan fingerprint density at radius 1 is 1.26 bits per heavy atom. The van der Waals surface area contributed by atoms with Gasteiger partial charge in [0, 0.05) is 5.02 Å². The SMILES string of the molecule is O=S(=O)(NC(CO)c1ccc(Cl)cc1)c1cccs1. The van der Waals surface area contributed by atoms with Crippen LogP contribution in [-0.2, 0) is 10.0 Å². The number of hydrogen-bond acceptors (Lipinski definition) is 4. The normalized spacial score (nSPS) is 13.4. The van der Waals surface area contributed by atoms with Gasteiger partial charge >= 0.3 is 0 Å². The fraction of sp³-hybridized carbons (Fsp3) is 0.167. The van der Waals surface area contributed by atoms with E-state index in [0.29, 0.717) is 10.6 Å². The third-order valence-electron chi connectivity index (χ3n) is 2.51. The molecule has 2 rings (SSSR count). The predicted octanol–water partition coefficient (Wildman–Crippen LogP) is 2.41.